The number of hydrogen-bond acceptors (Lipinski definition) is 3. The van der Waals surface area contributed by atoms with Gasteiger partial charge in [0.25, 0.3) is 5.91 Å². The smallest absolute Gasteiger partial charge is 0.260 e. The number of nitrogens with two attached hydrogens (primary N) is 1. The molecule has 0 fully saturated rings. The van der Waals surface area contributed by atoms with E-state index in [1.165, 1.54) is 0 Å². The van der Waals surface area contributed by atoms with E-state index in [2.05, 4.69) is 12.2 Å². The van der Waals surface area contributed by atoms with Gasteiger partial charge in [-0.25, -0.2) is 0 Å². The van der Waals surface area contributed by atoms with Crippen LogP contribution >= 0.6 is 0 Å². The second kappa shape index (κ2) is 8.67. The van der Waals surface area contributed by atoms with Gasteiger partial charge in [-0.05, 0) is 38.8 Å². The van der Waals surface area contributed by atoms with Crippen molar-refractivity contribution in [3.05, 3.63) is 29.3 Å². The lowest BCUT2D eigenvalue weighted by molar-refractivity contribution is -0.127. The lowest BCUT2D eigenvalue weighted by Crippen LogP contribution is -2.37. The van der Waals surface area contributed by atoms with E-state index in [0.29, 0.717) is 12.3 Å². The van der Waals surface area contributed by atoms with Gasteiger partial charge in [0.15, 0.2) is 6.10 Å². The first kappa shape index (κ1) is 17.5. The number of carbonyl (C=O) groups is 1. The van der Waals surface area contributed by atoms with Gasteiger partial charge in [0.1, 0.15) is 5.75 Å². The fourth-order valence-electron chi connectivity index (χ4n) is 2.09. The molecular weight excluding hydrogens is 264 g/mol. The third-order valence-corrected chi connectivity index (χ3v) is 3.41. The Morgan fingerprint density at radius 3 is 2.67 bits per heavy atom. The van der Waals surface area contributed by atoms with Crippen LogP contribution < -0.4 is 15.8 Å². The molecule has 0 bridgehead atoms. The van der Waals surface area contributed by atoms with Gasteiger partial charge < -0.3 is 15.8 Å². The fraction of sp³-hybridized carbons (Fsp3) is 0.588. The molecule has 0 aliphatic rings. The van der Waals surface area contributed by atoms with Crippen molar-refractivity contribution >= 4 is 5.91 Å². The Balaban J connectivity index is 2.63. The highest BCUT2D eigenvalue weighted by Crippen LogP contribution is 2.26. The topological polar surface area (TPSA) is 64.3 Å². The largest absolute Gasteiger partial charge is 0.481 e. The lowest BCUT2D eigenvalue weighted by atomic mass is 10.1. The van der Waals surface area contributed by atoms with Crippen LogP contribution in [-0.2, 0) is 4.79 Å². The van der Waals surface area contributed by atoms with Gasteiger partial charge in [0, 0.05) is 18.2 Å². The van der Waals surface area contributed by atoms with Crippen molar-refractivity contribution < 1.29 is 9.53 Å². The highest BCUT2D eigenvalue weighted by Gasteiger charge is 2.17. The number of hydrogen-bond donors (Lipinski definition) is 2. The van der Waals surface area contributed by atoms with Crippen LogP contribution in [0.5, 0.6) is 5.75 Å². The Hall–Kier alpha value is -1.55. The molecule has 4 nitrogen and oxygen atoms in total. The molecular formula is C17H28N2O2. The summed E-state index contributed by atoms with van der Waals surface area (Å²) in [5, 5.41) is 2.91. The highest BCUT2D eigenvalue weighted by atomic mass is 16.5. The van der Waals surface area contributed by atoms with Gasteiger partial charge in [-0.1, -0.05) is 31.9 Å². The molecule has 0 spiro atoms. The molecule has 1 amide bonds. The molecule has 21 heavy (non-hydrogen) atoms. The van der Waals surface area contributed by atoms with E-state index >= 15 is 0 Å². The summed E-state index contributed by atoms with van der Waals surface area (Å²) in [6, 6.07) is 5.77. The van der Waals surface area contributed by atoms with Gasteiger partial charge >= 0.3 is 0 Å². The molecule has 0 saturated heterocycles. The molecule has 0 aromatic heterocycles. The molecule has 0 aliphatic carbocycles. The normalized spacial score (nSPS) is 13.6. The van der Waals surface area contributed by atoms with Crippen LogP contribution in [0.1, 0.15) is 57.2 Å². The Kier molecular flexibility index (Phi) is 7.23. The number of ether oxygens (including phenoxy) is 1. The number of nitrogens with one attached hydrogen (secondary N) is 1. The van der Waals surface area contributed by atoms with Gasteiger partial charge in [0.05, 0.1) is 0 Å². The summed E-state index contributed by atoms with van der Waals surface area (Å²) >= 11 is 0. The maximum absolute atomic E-state index is 12.0. The summed E-state index contributed by atoms with van der Waals surface area (Å²) in [7, 11) is 0. The minimum absolute atomic E-state index is 0.0803. The van der Waals surface area contributed by atoms with Crippen LogP contribution in [-0.4, -0.2) is 18.6 Å². The van der Waals surface area contributed by atoms with Crippen LogP contribution in [0.15, 0.2) is 18.2 Å². The van der Waals surface area contributed by atoms with E-state index in [9.17, 15) is 4.79 Å². The van der Waals surface area contributed by atoms with Crippen molar-refractivity contribution in [1.29, 1.82) is 0 Å². The van der Waals surface area contributed by atoms with E-state index < -0.39 is 6.10 Å². The monoisotopic (exact) mass is 292 g/mol. The van der Waals surface area contributed by atoms with E-state index in [1.807, 2.05) is 32.0 Å². The summed E-state index contributed by atoms with van der Waals surface area (Å²) in [6.07, 6.45) is 2.75. The van der Waals surface area contributed by atoms with E-state index in [1.54, 1.807) is 6.92 Å². The Labute approximate surface area is 128 Å². The van der Waals surface area contributed by atoms with Crippen molar-refractivity contribution in [3.63, 3.8) is 0 Å². The predicted molar refractivity (Wildman–Crippen MR) is 86.4 cm³/mol. The quantitative estimate of drug-likeness (QED) is 0.724. The summed E-state index contributed by atoms with van der Waals surface area (Å²) < 4.78 is 5.81. The number of rotatable bonds is 8. The van der Waals surface area contributed by atoms with Crippen LogP contribution in [0.2, 0.25) is 0 Å². The zero-order valence-corrected chi connectivity index (χ0v) is 13.6. The SMILES string of the molecule is CCCCCNC(=O)C(C)Oc1cc(C)ccc1C(C)N. The standard InChI is InChI=1S/C17H28N2O2/c1-5-6-7-10-19-17(20)14(4)21-16-11-12(2)8-9-15(16)13(3)18/h8-9,11,13-14H,5-7,10,18H2,1-4H3,(H,19,20). The Morgan fingerprint density at radius 2 is 2.05 bits per heavy atom. The van der Waals surface area contributed by atoms with E-state index in [-0.39, 0.29) is 11.9 Å². The van der Waals surface area contributed by atoms with Crippen LogP contribution in [0.25, 0.3) is 0 Å². The van der Waals surface area contributed by atoms with Crippen molar-refractivity contribution in [3.8, 4) is 5.75 Å². The third kappa shape index (κ3) is 5.76. The molecule has 4 heteroatoms. The second-order valence-corrected chi connectivity index (χ2v) is 5.59. The summed E-state index contributed by atoms with van der Waals surface area (Å²) in [5.41, 5.74) is 7.96. The minimum atomic E-state index is -0.522. The van der Waals surface area contributed by atoms with Gasteiger partial charge in [0.2, 0.25) is 0 Å². The molecule has 3 N–H and O–H groups in total. The maximum Gasteiger partial charge on any atom is 0.260 e. The first-order valence-corrected chi connectivity index (χ1v) is 7.76. The number of carbonyl (C=O) groups excluding carboxylic acids is 1. The summed E-state index contributed by atoms with van der Waals surface area (Å²) in [6.45, 7) is 8.51. The lowest BCUT2D eigenvalue weighted by Gasteiger charge is -2.19. The molecule has 1 aromatic rings. The van der Waals surface area contributed by atoms with Gasteiger partial charge in [-0.3, -0.25) is 4.79 Å². The predicted octanol–water partition coefficient (Wildman–Crippen LogP) is 3.09. The minimum Gasteiger partial charge on any atom is -0.481 e. The van der Waals surface area contributed by atoms with E-state index in [0.717, 1.165) is 30.4 Å². The third-order valence-electron chi connectivity index (χ3n) is 3.41. The maximum atomic E-state index is 12.0. The number of benzene rings is 1. The Bertz CT molecular complexity index is 458. The van der Waals surface area contributed by atoms with Crippen LogP contribution in [0, 0.1) is 6.92 Å². The van der Waals surface area contributed by atoms with Gasteiger partial charge in [-0.15, -0.1) is 0 Å². The van der Waals surface area contributed by atoms with Crippen LogP contribution in [0.3, 0.4) is 0 Å². The molecule has 1 rings (SSSR count). The zero-order valence-electron chi connectivity index (χ0n) is 13.6. The van der Waals surface area contributed by atoms with Crippen molar-refractivity contribution in [2.45, 2.75) is 59.1 Å². The first-order chi connectivity index (χ1) is 9.95. The Morgan fingerprint density at radius 1 is 1.33 bits per heavy atom. The number of aryl methyl sites for hydroxylation is 1. The molecule has 0 radical (unpaired) electrons. The molecule has 0 heterocycles. The van der Waals surface area contributed by atoms with Crippen molar-refractivity contribution in [2.75, 3.05) is 6.54 Å². The fourth-order valence-corrected chi connectivity index (χ4v) is 2.09. The van der Waals surface area contributed by atoms with Crippen molar-refractivity contribution in [1.82, 2.24) is 5.32 Å². The second-order valence-electron chi connectivity index (χ2n) is 5.59. The molecule has 0 saturated carbocycles. The van der Waals surface area contributed by atoms with E-state index in [4.69, 9.17) is 10.5 Å². The molecule has 0 aliphatic heterocycles. The van der Waals surface area contributed by atoms with Crippen LogP contribution in [0.4, 0.5) is 0 Å². The number of amides is 1. The van der Waals surface area contributed by atoms with Crippen molar-refractivity contribution in [2.24, 2.45) is 5.73 Å². The zero-order chi connectivity index (χ0) is 15.8. The average Bonchev–Trinajstić information content (AvgIpc) is 2.43. The summed E-state index contributed by atoms with van der Waals surface area (Å²) in [5.74, 6) is 0.615. The first-order valence-electron chi connectivity index (χ1n) is 7.76. The molecule has 1 aromatic carbocycles. The number of unbranched alkanes of at least 4 members (excludes halogenated alkanes) is 2. The molecule has 2 unspecified atom stereocenters. The molecule has 118 valence electrons. The summed E-state index contributed by atoms with van der Waals surface area (Å²) in [4.78, 5) is 12.0. The van der Waals surface area contributed by atoms with Gasteiger partial charge in [-0.2, -0.15) is 0 Å². The average molecular weight is 292 g/mol. The highest BCUT2D eigenvalue weighted by molar-refractivity contribution is 5.80. The molecule has 2 atom stereocenters.